The summed E-state index contributed by atoms with van der Waals surface area (Å²) in [5, 5.41) is 3.42. The van der Waals surface area contributed by atoms with Crippen LogP contribution in [0.1, 0.15) is 44.9 Å². The summed E-state index contributed by atoms with van der Waals surface area (Å²) in [5.41, 5.74) is 0. The summed E-state index contributed by atoms with van der Waals surface area (Å²) in [6.45, 7) is 0. The molecule has 0 bridgehead atoms. The van der Waals surface area contributed by atoms with E-state index in [2.05, 4.69) is 15.3 Å². The van der Waals surface area contributed by atoms with Crippen LogP contribution < -0.4 is 10.1 Å². The van der Waals surface area contributed by atoms with Gasteiger partial charge in [-0.3, -0.25) is 0 Å². The maximum atomic E-state index is 5.04. The molecule has 1 aromatic rings. The Balaban J connectivity index is 1.88. The zero-order chi connectivity index (χ0) is 11.9. The fourth-order valence-electron chi connectivity index (χ4n) is 2.28. The molecule has 0 saturated heterocycles. The van der Waals surface area contributed by atoms with Gasteiger partial charge in [0.25, 0.3) is 0 Å². The third-order valence-electron chi connectivity index (χ3n) is 3.30. The van der Waals surface area contributed by atoms with Crippen molar-refractivity contribution in [2.45, 2.75) is 51.0 Å². The normalized spacial score (nSPS) is 18.2. The Hall–Kier alpha value is -1.32. The summed E-state index contributed by atoms with van der Waals surface area (Å²) in [7, 11) is 1.63. The lowest BCUT2D eigenvalue weighted by Crippen LogP contribution is -2.21. The van der Waals surface area contributed by atoms with Crippen molar-refractivity contribution in [1.29, 1.82) is 0 Å². The number of methoxy groups -OCH3 is 1. The van der Waals surface area contributed by atoms with E-state index in [0.717, 1.165) is 5.95 Å². The lowest BCUT2D eigenvalue weighted by atomic mass is 9.97. The van der Waals surface area contributed by atoms with Crippen LogP contribution in [0, 0.1) is 0 Å². The number of hydrogen-bond donors (Lipinski definition) is 1. The Morgan fingerprint density at radius 2 is 1.65 bits per heavy atom. The molecule has 0 aliphatic heterocycles. The highest BCUT2D eigenvalue weighted by Gasteiger charge is 2.11. The summed E-state index contributed by atoms with van der Waals surface area (Å²) in [6.07, 6.45) is 12.6. The molecule has 1 aliphatic rings. The highest BCUT2D eigenvalue weighted by atomic mass is 16.5. The first-order valence-corrected chi connectivity index (χ1v) is 6.51. The van der Waals surface area contributed by atoms with Gasteiger partial charge in [0.2, 0.25) is 5.95 Å². The molecule has 0 aromatic carbocycles. The molecule has 1 aromatic heterocycles. The lowest BCUT2D eigenvalue weighted by molar-refractivity contribution is 0.410. The Kier molecular flexibility index (Phi) is 4.59. The maximum absolute atomic E-state index is 5.04. The first-order valence-electron chi connectivity index (χ1n) is 6.51. The van der Waals surface area contributed by atoms with E-state index in [9.17, 15) is 0 Å². The molecule has 94 valence electrons. The van der Waals surface area contributed by atoms with E-state index in [1.165, 1.54) is 44.9 Å². The number of hydrogen-bond acceptors (Lipinski definition) is 4. The highest BCUT2D eigenvalue weighted by Crippen LogP contribution is 2.19. The third kappa shape index (κ3) is 3.88. The van der Waals surface area contributed by atoms with Crippen LogP contribution in [0.25, 0.3) is 0 Å². The second kappa shape index (κ2) is 6.42. The summed E-state index contributed by atoms with van der Waals surface area (Å²) in [5.74, 6) is 1.42. The molecule has 1 fully saturated rings. The van der Waals surface area contributed by atoms with Crippen molar-refractivity contribution in [3.8, 4) is 5.75 Å². The van der Waals surface area contributed by atoms with E-state index in [1.807, 2.05) is 0 Å². The molecule has 1 aliphatic carbocycles. The standard InChI is InChI=1S/C13H21N3O/c1-17-12-9-14-13(15-10-12)16-11-7-5-3-2-4-6-8-11/h9-11H,2-8H2,1H3,(H,14,15,16). The van der Waals surface area contributed by atoms with Crippen LogP contribution in [0.3, 0.4) is 0 Å². The van der Waals surface area contributed by atoms with Crippen LogP contribution in [0.4, 0.5) is 5.95 Å². The van der Waals surface area contributed by atoms with Crippen LogP contribution in [0.15, 0.2) is 12.4 Å². The molecule has 1 saturated carbocycles. The molecule has 1 heterocycles. The van der Waals surface area contributed by atoms with E-state index in [4.69, 9.17) is 4.74 Å². The zero-order valence-electron chi connectivity index (χ0n) is 10.5. The highest BCUT2D eigenvalue weighted by molar-refractivity contribution is 5.28. The summed E-state index contributed by atoms with van der Waals surface area (Å²) in [6, 6.07) is 0.531. The fourth-order valence-corrected chi connectivity index (χ4v) is 2.28. The average molecular weight is 235 g/mol. The van der Waals surface area contributed by atoms with Gasteiger partial charge in [0, 0.05) is 6.04 Å². The quantitative estimate of drug-likeness (QED) is 0.874. The number of nitrogens with zero attached hydrogens (tertiary/aromatic N) is 2. The van der Waals surface area contributed by atoms with E-state index < -0.39 is 0 Å². The minimum atomic E-state index is 0.531. The van der Waals surface area contributed by atoms with Crippen LogP contribution in [-0.2, 0) is 0 Å². The van der Waals surface area contributed by atoms with Gasteiger partial charge in [-0.2, -0.15) is 0 Å². The summed E-state index contributed by atoms with van der Waals surface area (Å²) < 4.78 is 5.04. The van der Waals surface area contributed by atoms with Gasteiger partial charge < -0.3 is 10.1 Å². The van der Waals surface area contributed by atoms with Crippen molar-refractivity contribution in [3.05, 3.63) is 12.4 Å². The van der Waals surface area contributed by atoms with E-state index in [0.29, 0.717) is 11.8 Å². The van der Waals surface area contributed by atoms with Gasteiger partial charge >= 0.3 is 0 Å². The zero-order valence-corrected chi connectivity index (χ0v) is 10.5. The van der Waals surface area contributed by atoms with Crippen LogP contribution in [0.2, 0.25) is 0 Å². The third-order valence-corrected chi connectivity index (χ3v) is 3.30. The Bertz CT molecular complexity index is 318. The Morgan fingerprint density at radius 3 is 2.24 bits per heavy atom. The number of anilines is 1. The van der Waals surface area contributed by atoms with Crippen LogP contribution in [-0.4, -0.2) is 23.1 Å². The fraction of sp³-hybridized carbons (Fsp3) is 0.692. The van der Waals surface area contributed by atoms with Gasteiger partial charge in [-0.1, -0.05) is 32.1 Å². The largest absolute Gasteiger partial charge is 0.494 e. The molecule has 2 rings (SSSR count). The molecular formula is C13H21N3O. The minimum absolute atomic E-state index is 0.531. The van der Waals surface area contributed by atoms with Gasteiger partial charge in [-0.15, -0.1) is 0 Å². The van der Waals surface area contributed by atoms with Crippen molar-refractivity contribution in [1.82, 2.24) is 9.97 Å². The van der Waals surface area contributed by atoms with Crippen molar-refractivity contribution in [2.24, 2.45) is 0 Å². The number of aromatic nitrogens is 2. The predicted octanol–water partition coefficient (Wildman–Crippen LogP) is 3.01. The molecule has 0 atom stereocenters. The molecule has 4 heteroatoms. The van der Waals surface area contributed by atoms with Crippen molar-refractivity contribution in [3.63, 3.8) is 0 Å². The lowest BCUT2D eigenvalue weighted by Gasteiger charge is -2.20. The van der Waals surface area contributed by atoms with Gasteiger partial charge in [-0.05, 0) is 12.8 Å². The van der Waals surface area contributed by atoms with Crippen molar-refractivity contribution < 1.29 is 4.74 Å². The van der Waals surface area contributed by atoms with E-state index in [-0.39, 0.29) is 0 Å². The first kappa shape index (κ1) is 12.1. The van der Waals surface area contributed by atoms with E-state index in [1.54, 1.807) is 19.5 Å². The summed E-state index contributed by atoms with van der Waals surface area (Å²) >= 11 is 0. The molecule has 4 nitrogen and oxygen atoms in total. The second-order valence-electron chi connectivity index (χ2n) is 4.63. The SMILES string of the molecule is COc1cnc(NC2CCCCCCC2)nc1. The molecule has 0 unspecified atom stereocenters. The average Bonchev–Trinajstić information content (AvgIpc) is 2.33. The number of rotatable bonds is 3. The molecule has 0 amide bonds. The van der Waals surface area contributed by atoms with Crippen molar-refractivity contribution in [2.75, 3.05) is 12.4 Å². The smallest absolute Gasteiger partial charge is 0.223 e. The molecule has 0 radical (unpaired) electrons. The molecule has 0 spiro atoms. The van der Waals surface area contributed by atoms with Crippen LogP contribution >= 0.6 is 0 Å². The topological polar surface area (TPSA) is 47.0 Å². The van der Waals surface area contributed by atoms with E-state index >= 15 is 0 Å². The molecular weight excluding hydrogens is 214 g/mol. The minimum Gasteiger partial charge on any atom is -0.494 e. The monoisotopic (exact) mass is 235 g/mol. The number of nitrogens with one attached hydrogen (secondary N) is 1. The number of ether oxygens (including phenoxy) is 1. The van der Waals surface area contributed by atoms with Crippen LogP contribution in [0.5, 0.6) is 5.75 Å². The second-order valence-corrected chi connectivity index (χ2v) is 4.63. The first-order chi connectivity index (χ1) is 8.38. The van der Waals surface area contributed by atoms with Gasteiger partial charge in [0.15, 0.2) is 5.75 Å². The Labute approximate surface area is 103 Å². The van der Waals surface area contributed by atoms with Gasteiger partial charge in [0.05, 0.1) is 19.5 Å². The predicted molar refractivity (Wildman–Crippen MR) is 68.3 cm³/mol. The van der Waals surface area contributed by atoms with Crippen molar-refractivity contribution >= 4 is 5.95 Å². The van der Waals surface area contributed by atoms with Gasteiger partial charge in [0.1, 0.15) is 0 Å². The Morgan fingerprint density at radius 1 is 1.06 bits per heavy atom. The maximum Gasteiger partial charge on any atom is 0.223 e. The molecule has 1 N–H and O–H groups in total. The molecule has 17 heavy (non-hydrogen) atoms. The summed E-state index contributed by atoms with van der Waals surface area (Å²) in [4.78, 5) is 8.50. The van der Waals surface area contributed by atoms with Gasteiger partial charge in [-0.25, -0.2) is 9.97 Å².